The van der Waals surface area contributed by atoms with Gasteiger partial charge >= 0.3 is 0 Å². The molecule has 0 spiro atoms. The fraction of sp³-hybridized carbons (Fsp3) is 0.200. The Kier molecular flexibility index (Phi) is 4.12. The summed E-state index contributed by atoms with van der Waals surface area (Å²) in [7, 11) is 1.66. The van der Waals surface area contributed by atoms with E-state index in [4.69, 9.17) is 11.6 Å². The highest BCUT2D eigenvalue weighted by atomic mass is 35.5. The highest BCUT2D eigenvalue weighted by molar-refractivity contribution is 6.34. The van der Waals surface area contributed by atoms with Crippen molar-refractivity contribution in [2.75, 3.05) is 5.32 Å². The van der Waals surface area contributed by atoms with Crippen LogP contribution in [-0.4, -0.2) is 30.5 Å². The van der Waals surface area contributed by atoms with Crippen LogP contribution in [-0.2, 0) is 13.6 Å². The zero-order valence-corrected chi connectivity index (χ0v) is 13.4. The SMILES string of the molecule is Cc1nn(C)c(C(=O)Nc2ncn(Cc3ccccc3)n2)c1Cl. The summed E-state index contributed by atoms with van der Waals surface area (Å²) in [4.78, 5) is 16.4. The van der Waals surface area contributed by atoms with Crippen molar-refractivity contribution in [3.05, 3.63) is 58.6 Å². The van der Waals surface area contributed by atoms with E-state index >= 15 is 0 Å². The molecule has 2 aromatic heterocycles. The molecule has 2 heterocycles. The number of carbonyl (C=O) groups is 1. The Morgan fingerprint density at radius 1 is 1.26 bits per heavy atom. The Morgan fingerprint density at radius 2 is 2.00 bits per heavy atom. The van der Waals surface area contributed by atoms with Crippen LogP contribution in [0.3, 0.4) is 0 Å². The first kappa shape index (κ1) is 15.2. The van der Waals surface area contributed by atoms with Crippen LogP contribution in [0.5, 0.6) is 0 Å². The summed E-state index contributed by atoms with van der Waals surface area (Å²) in [5.41, 5.74) is 1.98. The van der Waals surface area contributed by atoms with Gasteiger partial charge in [0.05, 0.1) is 17.3 Å². The molecule has 0 aliphatic carbocycles. The van der Waals surface area contributed by atoms with Crippen LogP contribution >= 0.6 is 11.6 Å². The average molecular weight is 331 g/mol. The Labute approximate surface area is 137 Å². The smallest absolute Gasteiger partial charge is 0.277 e. The van der Waals surface area contributed by atoms with E-state index in [0.29, 0.717) is 17.3 Å². The minimum absolute atomic E-state index is 0.223. The first-order valence-corrected chi connectivity index (χ1v) is 7.36. The molecule has 8 heteroatoms. The summed E-state index contributed by atoms with van der Waals surface area (Å²) in [6, 6.07) is 9.87. The number of benzene rings is 1. The summed E-state index contributed by atoms with van der Waals surface area (Å²) in [5, 5.41) is 11.3. The molecule has 3 aromatic rings. The second kappa shape index (κ2) is 6.21. The number of nitrogens with one attached hydrogen (secondary N) is 1. The number of halogens is 1. The molecule has 0 saturated carbocycles. The number of amides is 1. The molecule has 1 aromatic carbocycles. The number of nitrogens with zero attached hydrogens (tertiary/aromatic N) is 5. The zero-order valence-electron chi connectivity index (χ0n) is 12.7. The van der Waals surface area contributed by atoms with Gasteiger partial charge in [0, 0.05) is 7.05 Å². The lowest BCUT2D eigenvalue weighted by Gasteiger charge is -2.02. The van der Waals surface area contributed by atoms with Crippen LogP contribution in [0.15, 0.2) is 36.7 Å². The third-order valence-corrected chi connectivity index (χ3v) is 3.77. The van der Waals surface area contributed by atoms with Crippen molar-refractivity contribution in [1.82, 2.24) is 24.5 Å². The van der Waals surface area contributed by atoms with Crippen LogP contribution in [0, 0.1) is 6.92 Å². The van der Waals surface area contributed by atoms with Gasteiger partial charge in [0.2, 0.25) is 5.95 Å². The molecule has 0 aliphatic heterocycles. The highest BCUT2D eigenvalue weighted by Crippen LogP contribution is 2.20. The maximum absolute atomic E-state index is 12.3. The number of aryl methyl sites for hydroxylation is 2. The number of hydrogen-bond donors (Lipinski definition) is 1. The van der Waals surface area contributed by atoms with E-state index in [-0.39, 0.29) is 11.6 Å². The van der Waals surface area contributed by atoms with E-state index in [1.54, 1.807) is 25.0 Å². The van der Waals surface area contributed by atoms with Gasteiger partial charge in [-0.05, 0) is 12.5 Å². The van der Waals surface area contributed by atoms with E-state index in [1.807, 2.05) is 30.3 Å². The van der Waals surface area contributed by atoms with E-state index in [0.717, 1.165) is 5.56 Å². The van der Waals surface area contributed by atoms with E-state index in [1.165, 1.54) is 4.68 Å². The third kappa shape index (κ3) is 3.24. The minimum atomic E-state index is -0.393. The number of carbonyl (C=O) groups excluding carboxylic acids is 1. The van der Waals surface area contributed by atoms with Gasteiger partial charge in [-0.25, -0.2) is 9.67 Å². The predicted molar refractivity (Wildman–Crippen MR) is 86.5 cm³/mol. The monoisotopic (exact) mass is 330 g/mol. The molecule has 7 nitrogen and oxygen atoms in total. The lowest BCUT2D eigenvalue weighted by atomic mass is 10.2. The highest BCUT2D eigenvalue weighted by Gasteiger charge is 2.19. The topological polar surface area (TPSA) is 77.6 Å². The first-order valence-electron chi connectivity index (χ1n) is 6.98. The van der Waals surface area contributed by atoms with Crippen LogP contribution in [0.4, 0.5) is 5.95 Å². The Balaban J connectivity index is 1.73. The van der Waals surface area contributed by atoms with Gasteiger partial charge in [0.15, 0.2) is 0 Å². The van der Waals surface area contributed by atoms with Gasteiger partial charge < -0.3 is 0 Å². The normalized spacial score (nSPS) is 10.7. The Morgan fingerprint density at radius 3 is 2.65 bits per heavy atom. The van der Waals surface area contributed by atoms with Crippen molar-refractivity contribution < 1.29 is 4.79 Å². The lowest BCUT2D eigenvalue weighted by molar-refractivity contribution is 0.101. The van der Waals surface area contributed by atoms with E-state index < -0.39 is 5.91 Å². The molecule has 0 atom stereocenters. The lowest BCUT2D eigenvalue weighted by Crippen LogP contribution is -2.17. The minimum Gasteiger partial charge on any atom is -0.288 e. The van der Waals surface area contributed by atoms with Crippen LogP contribution in [0.1, 0.15) is 21.7 Å². The molecule has 0 bridgehead atoms. The maximum Gasteiger partial charge on any atom is 0.277 e. The van der Waals surface area contributed by atoms with Crippen molar-refractivity contribution >= 4 is 23.5 Å². The second-order valence-electron chi connectivity index (χ2n) is 5.08. The molecule has 1 N–H and O–H groups in total. The molecule has 0 aliphatic rings. The Hall–Kier alpha value is -2.67. The summed E-state index contributed by atoms with van der Waals surface area (Å²) in [6.45, 7) is 2.32. The van der Waals surface area contributed by atoms with Crippen molar-refractivity contribution in [3.8, 4) is 0 Å². The average Bonchev–Trinajstić information content (AvgIpc) is 3.05. The van der Waals surface area contributed by atoms with E-state index in [9.17, 15) is 4.79 Å². The molecule has 23 heavy (non-hydrogen) atoms. The van der Waals surface area contributed by atoms with E-state index in [2.05, 4.69) is 20.5 Å². The summed E-state index contributed by atoms with van der Waals surface area (Å²) in [5.74, 6) is -0.170. The van der Waals surface area contributed by atoms with Crippen molar-refractivity contribution in [3.63, 3.8) is 0 Å². The maximum atomic E-state index is 12.3. The Bertz CT molecular complexity index is 839. The molecule has 0 unspecified atom stereocenters. The van der Waals surface area contributed by atoms with Crippen LogP contribution in [0.25, 0.3) is 0 Å². The number of aromatic nitrogens is 5. The van der Waals surface area contributed by atoms with Crippen molar-refractivity contribution in [1.29, 1.82) is 0 Å². The predicted octanol–water partition coefficient (Wildman–Crippen LogP) is 2.27. The third-order valence-electron chi connectivity index (χ3n) is 3.31. The van der Waals surface area contributed by atoms with Gasteiger partial charge in [0.25, 0.3) is 5.91 Å². The number of anilines is 1. The van der Waals surface area contributed by atoms with Gasteiger partial charge in [0.1, 0.15) is 12.0 Å². The molecular weight excluding hydrogens is 316 g/mol. The van der Waals surface area contributed by atoms with Gasteiger partial charge in [-0.15, -0.1) is 5.10 Å². The fourth-order valence-electron chi connectivity index (χ4n) is 2.24. The summed E-state index contributed by atoms with van der Waals surface area (Å²) < 4.78 is 3.09. The molecule has 0 saturated heterocycles. The molecular formula is C15H15ClN6O. The fourth-order valence-corrected chi connectivity index (χ4v) is 2.48. The number of hydrogen-bond acceptors (Lipinski definition) is 4. The van der Waals surface area contributed by atoms with Crippen LogP contribution in [0.2, 0.25) is 5.02 Å². The van der Waals surface area contributed by atoms with Crippen molar-refractivity contribution in [2.45, 2.75) is 13.5 Å². The van der Waals surface area contributed by atoms with Crippen molar-refractivity contribution in [2.24, 2.45) is 7.05 Å². The van der Waals surface area contributed by atoms with Gasteiger partial charge in [-0.2, -0.15) is 5.10 Å². The summed E-state index contributed by atoms with van der Waals surface area (Å²) >= 11 is 6.10. The molecule has 118 valence electrons. The number of rotatable bonds is 4. The molecule has 0 fully saturated rings. The zero-order chi connectivity index (χ0) is 16.4. The van der Waals surface area contributed by atoms with Crippen LogP contribution < -0.4 is 5.32 Å². The van der Waals surface area contributed by atoms with Gasteiger partial charge in [-0.1, -0.05) is 41.9 Å². The largest absolute Gasteiger partial charge is 0.288 e. The molecule has 3 rings (SSSR count). The standard InChI is InChI=1S/C15H15ClN6O/c1-10-12(16)13(21(2)19-10)14(23)18-15-17-9-22(20-15)8-11-6-4-3-5-7-11/h3-7,9H,8H2,1-2H3,(H,18,20,23). The first-order chi connectivity index (χ1) is 11.0. The molecule has 0 radical (unpaired) electrons. The summed E-state index contributed by atoms with van der Waals surface area (Å²) in [6.07, 6.45) is 1.57. The second-order valence-corrected chi connectivity index (χ2v) is 5.46. The van der Waals surface area contributed by atoms with Gasteiger partial charge in [-0.3, -0.25) is 14.8 Å². The molecule has 1 amide bonds. The quantitative estimate of drug-likeness (QED) is 0.796.